The number of hydrogen-bond donors (Lipinski definition) is 1. The van der Waals surface area contributed by atoms with Crippen molar-refractivity contribution in [3.05, 3.63) is 23.3 Å². The summed E-state index contributed by atoms with van der Waals surface area (Å²) >= 11 is 1.68. The first kappa shape index (κ1) is 11.4. The van der Waals surface area contributed by atoms with E-state index in [-0.39, 0.29) is 6.61 Å². The molecule has 0 spiro atoms. The van der Waals surface area contributed by atoms with Crippen LogP contribution in [0.4, 0.5) is 0 Å². The van der Waals surface area contributed by atoms with Gasteiger partial charge in [0.1, 0.15) is 5.75 Å². The van der Waals surface area contributed by atoms with Crippen molar-refractivity contribution >= 4 is 11.8 Å². The maximum absolute atomic E-state index is 8.99. The van der Waals surface area contributed by atoms with E-state index in [1.54, 1.807) is 18.9 Å². The number of rotatable bonds is 4. The van der Waals surface area contributed by atoms with Gasteiger partial charge in [-0.25, -0.2) is 0 Å². The Morgan fingerprint density at radius 3 is 2.64 bits per heavy atom. The van der Waals surface area contributed by atoms with Crippen molar-refractivity contribution in [2.75, 3.05) is 20.0 Å². The first-order valence-corrected chi connectivity index (χ1v) is 5.78. The van der Waals surface area contributed by atoms with Crippen LogP contribution in [0.25, 0.3) is 0 Å². The minimum Gasteiger partial charge on any atom is -0.496 e. The second-order valence-corrected chi connectivity index (χ2v) is 3.92. The Kier molecular flexibility index (Phi) is 4.29. The Morgan fingerprint density at radius 1 is 1.43 bits per heavy atom. The quantitative estimate of drug-likeness (QED) is 0.776. The predicted molar refractivity (Wildman–Crippen MR) is 60.3 cm³/mol. The van der Waals surface area contributed by atoms with Gasteiger partial charge in [-0.1, -0.05) is 6.07 Å². The Labute approximate surface area is 89.3 Å². The number of benzene rings is 1. The Morgan fingerprint density at radius 2 is 2.14 bits per heavy atom. The molecule has 1 N–H and O–H groups in total. The van der Waals surface area contributed by atoms with Crippen molar-refractivity contribution in [3.63, 3.8) is 0 Å². The standard InChI is InChI=1S/C11H16O2S/c1-8-4-5-10(14-3)9(6-7-12)11(8)13-2/h4-5,12H,6-7H2,1-3H3. The lowest BCUT2D eigenvalue weighted by atomic mass is 10.1. The zero-order chi connectivity index (χ0) is 10.6. The highest BCUT2D eigenvalue weighted by Crippen LogP contribution is 2.32. The normalized spacial score (nSPS) is 10.3. The molecule has 0 aromatic heterocycles. The third kappa shape index (κ3) is 2.22. The van der Waals surface area contributed by atoms with Crippen LogP contribution in [-0.4, -0.2) is 25.1 Å². The van der Waals surface area contributed by atoms with Crippen LogP contribution in [0.1, 0.15) is 11.1 Å². The predicted octanol–water partition coefficient (Wildman–Crippen LogP) is 2.26. The van der Waals surface area contributed by atoms with Gasteiger partial charge in [-0.05, 0) is 24.8 Å². The molecule has 0 aliphatic rings. The van der Waals surface area contributed by atoms with Crippen molar-refractivity contribution in [1.82, 2.24) is 0 Å². The molecule has 14 heavy (non-hydrogen) atoms. The molecule has 0 bridgehead atoms. The third-order valence-corrected chi connectivity index (χ3v) is 3.02. The van der Waals surface area contributed by atoms with Crippen LogP contribution in [-0.2, 0) is 6.42 Å². The van der Waals surface area contributed by atoms with Crippen LogP contribution in [0.5, 0.6) is 5.75 Å². The van der Waals surface area contributed by atoms with E-state index in [0.29, 0.717) is 6.42 Å². The molecule has 0 aliphatic heterocycles. The highest BCUT2D eigenvalue weighted by atomic mass is 32.2. The summed E-state index contributed by atoms with van der Waals surface area (Å²) in [7, 11) is 1.67. The fourth-order valence-corrected chi connectivity index (χ4v) is 2.20. The molecule has 0 amide bonds. The molecule has 2 nitrogen and oxygen atoms in total. The number of thioether (sulfide) groups is 1. The van der Waals surface area contributed by atoms with Gasteiger partial charge in [0.25, 0.3) is 0 Å². The Balaban J connectivity index is 3.21. The number of methoxy groups -OCH3 is 1. The smallest absolute Gasteiger partial charge is 0.126 e. The number of aryl methyl sites for hydroxylation is 1. The molecule has 0 saturated carbocycles. The molecule has 1 aromatic rings. The molecule has 0 atom stereocenters. The molecule has 0 heterocycles. The molecule has 0 saturated heterocycles. The zero-order valence-corrected chi connectivity index (χ0v) is 9.65. The summed E-state index contributed by atoms with van der Waals surface area (Å²) in [5.41, 5.74) is 2.23. The average Bonchev–Trinajstić information content (AvgIpc) is 2.19. The van der Waals surface area contributed by atoms with Crippen molar-refractivity contribution < 1.29 is 9.84 Å². The lowest BCUT2D eigenvalue weighted by Crippen LogP contribution is -1.99. The molecule has 3 heteroatoms. The summed E-state index contributed by atoms with van der Waals surface area (Å²) in [6.45, 7) is 2.18. The first-order valence-electron chi connectivity index (χ1n) is 4.56. The highest BCUT2D eigenvalue weighted by Gasteiger charge is 2.10. The van der Waals surface area contributed by atoms with Crippen LogP contribution in [0.3, 0.4) is 0 Å². The van der Waals surface area contributed by atoms with E-state index >= 15 is 0 Å². The second-order valence-electron chi connectivity index (χ2n) is 3.07. The minimum atomic E-state index is 0.160. The van der Waals surface area contributed by atoms with Gasteiger partial charge in [-0.15, -0.1) is 11.8 Å². The van der Waals surface area contributed by atoms with Crippen LogP contribution >= 0.6 is 11.8 Å². The Bertz CT molecular complexity index is 310. The summed E-state index contributed by atoms with van der Waals surface area (Å²) in [6.07, 6.45) is 2.69. The summed E-state index contributed by atoms with van der Waals surface area (Å²) < 4.78 is 5.35. The lowest BCUT2D eigenvalue weighted by Gasteiger charge is -2.14. The van der Waals surface area contributed by atoms with Crippen LogP contribution in [0, 0.1) is 6.92 Å². The lowest BCUT2D eigenvalue weighted by molar-refractivity contribution is 0.295. The maximum atomic E-state index is 8.99. The van der Waals surface area contributed by atoms with Gasteiger partial charge >= 0.3 is 0 Å². The second kappa shape index (κ2) is 5.27. The molecule has 0 fully saturated rings. The average molecular weight is 212 g/mol. The molecule has 0 aliphatic carbocycles. The molecule has 1 aromatic carbocycles. The molecular formula is C11H16O2S. The van der Waals surface area contributed by atoms with E-state index in [0.717, 1.165) is 16.9 Å². The van der Waals surface area contributed by atoms with Gasteiger partial charge in [0, 0.05) is 23.5 Å². The van der Waals surface area contributed by atoms with E-state index in [2.05, 4.69) is 6.07 Å². The van der Waals surface area contributed by atoms with Crippen LogP contribution in [0.2, 0.25) is 0 Å². The number of hydrogen-bond acceptors (Lipinski definition) is 3. The fraction of sp³-hybridized carbons (Fsp3) is 0.455. The van der Waals surface area contributed by atoms with Gasteiger partial charge in [0.15, 0.2) is 0 Å². The van der Waals surface area contributed by atoms with E-state index in [1.807, 2.05) is 19.2 Å². The molecule has 0 radical (unpaired) electrons. The SMILES string of the molecule is COc1c(C)ccc(SC)c1CCO. The summed E-state index contributed by atoms with van der Waals surface area (Å²) in [4.78, 5) is 1.18. The van der Waals surface area contributed by atoms with E-state index in [4.69, 9.17) is 9.84 Å². The molecule has 0 unspecified atom stereocenters. The van der Waals surface area contributed by atoms with Crippen molar-refractivity contribution in [2.45, 2.75) is 18.2 Å². The molecule has 78 valence electrons. The number of aliphatic hydroxyl groups excluding tert-OH is 1. The van der Waals surface area contributed by atoms with Crippen molar-refractivity contribution in [3.8, 4) is 5.75 Å². The third-order valence-electron chi connectivity index (χ3n) is 2.20. The van der Waals surface area contributed by atoms with Crippen molar-refractivity contribution in [2.24, 2.45) is 0 Å². The van der Waals surface area contributed by atoms with Gasteiger partial charge in [-0.2, -0.15) is 0 Å². The van der Waals surface area contributed by atoms with Crippen LogP contribution < -0.4 is 4.74 Å². The number of aliphatic hydroxyl groups is 1. The molecular weight excluding hydrogens is 196 g/mol. The van der Waals surface area contributed by atoms with Gasteiger partial charge in [0.05, 0.1) is 7.11 Å². The van der Waals surface area contributed by atoms with Crippen LogP contribution in [0.15, 0.2) is 17.0 Å². The fourth-order valence-electron chi connectivity index (χ4n) is 1.55. The monoisotopic (exact) mass is 212 g/mol. The maximum Gasteiger partial charge on any atom is 0.126 e. The number of ether oxygens (including phenoxy) is 1. The highest BCUT2D eigenvalue weighted by molar-refractivity contribution is 7.98. The van der Waals surface area contributed by atoms with E-state index in [9.17, 15) is 0 Å². The molecule has 1 rings (SSSR count). The summed E-state index contributed by atoms with van der Waals surface area (Å²) in [6, 6.07) is 4.12. The topological polar surface area (TPSA) is 29.5 Å². The largest absolute Gasteiger partial charge is 0.496 e. The van der Waals surface area contributed by atoms with E-state index < -0.39 is 0 Å². The first-order chi connectivity index (χ1) is 6.74. The van der Waals surface area contributed by atoms with Gasteiger partial charge in [0.2, 0.25) is 0 Å². The zero-order valence-electron chi connectivity index (χ0n) is 8.83. The van der Waals surface area contributed by atoms with Gasteiger partial charge in [-0.3, -0.25) is 0 Å². The van der Waals surface area contributed by atoms with Crippen molar-refractivity contribution in [1.29, 1.82) is 0 Å². The summed E-state index contributed by atoms with van der Waals surface area (Å²) in [5.74, 6) is 0.908. The summed E-state index contributed by atoms with van der Waals surface area (Å²) in [5, 5.41) is 8.99. The Hall–Kier alpha value is -0.670. The van der Waals surface area contributed by atoms with E-state index in [1.165, 1.54) is 4.90 Å². The minimum absolute atomic E-state index is 0.160. The van der Waals surface area contributed by atoms with Gasteiger partial charge < -0.3 is 9.84 Å².